The van der Waals surface area contributed by atoms with Gasteiger partial charge in [-0.05, 0) is 57.5 Å². The maximum Gasteiger partial charge on any atom is 0.419 e. The summed E-state index contributed by atoms with van der Waals surface area (Å²) in [5.74, 6) is 0.696. The lowest BCUT2D eigenvalue weighted by Crippen LogP contribution is -2.26. The lowest BCUT2D eigenvalue weighted by atomic mass is 10.0. The number of aromatic nitrogens is 3. The predicted molar refractivity (Wildman–Crippen MR) is 123 cm³/mol. The van der Waals surface area contributed by atoms with Crippen molar-refractivity contribution in [3.05, 3.63) is 53.3 Å². The van der Waals surface area contributed by atoms with Crippen LogP contribution in [0, 0.1) is 18.3 Å². The van der Waals surface area contributed by atoms with Crippen LogP contribution in [0.2, 0.25) is 0 Å². The Bertz CT molecular complexity index is 1400. The molecule has 0 aliphatic heterocycles. The van der Waals surface area contributed by atoms with Gasteiger partial charge < -0.3 is 15.2 Å². The Hall–Kier alpha value is -3.99. The molecule has 8 heteroatoms. The molecule has 0 amide bonds. The molecule has 2 aromatic carbocycles. The third-order valence-electron chi connectivity index (χ3n) is 5.25. The van der Waals surface area contributed by atoms with Crippen LogP contribution < -0.4 is 10.5 Å². The second-order valence-corrected chi connectivity index (χ2v) is 8.71. The summed E-state index contributed by atoms with van der Waals surface area (Å²) in [6.45, 7) is 7.84. The van der Waals surface area contributed by atoms with Crippen molar-refractivity contribution in [1.29, 1.82) is 5.26 Å². The maximum absolute atomic E-state index is 12.8. The van der Waals surface area contributed by atoms with E-state index in [0.29, 0.717) is 29.1 Å². The number of carbonyl (C=O) groups excluding carboxylic acids is 1. The van der Waals surface area contributed by atoms with E-state index in [1.165, 1.54) is 4.57 Å². The summed E-state index contributed by atoms with van der Waals surface area (Å²) in [7, 11) is 1.62. The highest BCUT2D eigenvalue weighted by Crippen LogP contribution is 2.33. The Morgan fingerprint density at radius 3 is 2.69 bits per heavy atom. The number of hydrogen-bond acceptors (Lipinski definition) is 6. The molecule has 164 valence electrons. The van der Waals surface area contributed by atoms with Gasteiger partial charge in [-0.25, -0.2) is 4.79 Å². The maximum atomic E-state index is 12.8. The van der Waals surface area contributed by atoms with Crippen LogP contribution in [-0.2, 0) is 11.3 Å². The zero-order valence-electron chi connectivity index (χ0n) is 18.8. The average molecular weight is 431 g/mol. The number of nitrogens with two attached hydrogens (primary N) is 1. The quantitative estimate of drug-likeness (QED) is 0.475. The van der Waals surface area contributed by atoms with Crippen molar-refractivity contribution in [1.82, 2.24) is 14.3 Å². The molecule has 2 N–H and O–H groups in total. The second kappa shape index (κ2) is 7.61. The smallest absolute Gasteiger partial charge is 0.419 e. The fourth-order valence-corrected chi connectivity index (χ4v) is 3.87. The first kappa shape index (κ1) is 21.2. The van der Waals surface area contributed by atoms with Crippen molar-refractivity contribution in [2.45, 2.75) is 39.8 Å². The van der Waals surface area contributed by atoms with Gasteiger partial charge in [-0.3, -0.25) is 9.25 Å². The molecule has 32 heavy (non-hydrogen) atoms. The van der Waals surface area contributed by atoms with Crippen molar-refractivity contribution in [2.75, 3.05) is 12.8 Å². The van der Waals surface area contributed by atoms with Crippen LogP contribution in [0.25, 0.3) is 21.8 Å². The van der Waals surface area contributed by atoms with E-state index in [9.17, 15) is 10.1 Å². The molecule has 0 saturated heterocycles. The summed E-state index contributed by atoms with van der Waals surface area (Å²) in [6.07, 6.45) is 3.15. The minimum atomic E-state index is -0.603. The lowest BCUT2D eigenvalue weighted by molar-refractivity contribution is 0.0544. The first-order chi connectivity index (χ1) is 15.1. The van der Waals surface area contributed by atoms with Gasteiger partial charge >= 0.3 is 6.09 Å². The number of ether oxygens (including phenoxy) is 2. The number of aryl methyl sites for hydroxylation is 1. The molecule has 4 rings (SSSR count). The largest absolute Gasteiger partial charge is 0.496 e. The van der Waals surface area contributed by atoms with Crippen LogP contribution in [0.1, 0.15) is 37.5 Å². The normalized spacial score (nSPS) is 11.6. The molecule has 0 saturated carbocycles. The predicted octanol–water partition coefficient (Wildman–Crippen LogP) is 4.59. The number of fused-ring (bicyclic) bond motifs is 2. The van der Waals surface area contributed by atoms with Gasteiger partial charge in [0.05, 0.1) is 30.4 Å². The van der Waals surface area contributed by atoms with Crippen LogP contribution in [0.4, 0.5) is 10.5 Å². The van der Waals surface area contributed by atoms with Gasteiger partial charge in [-0.1, -0.05) is 0 Å². The second-order valence-electron chi connectivity index (χ2n) is 8.71. The van der Waals surface area contributed by atoms with E-state index >= 15 is 0 Å². The summed E-state index contributed by atoms with van der Waals surface area (Å²) in [5, 5.41) is 15.5. The molecular weight excluding hydrogens is 406 g/mol. The number of rotatable bonds is 3. The summed E-state index contributed by atoms with van der Waals surface area (Å²) in [6, 6.07) is 9.39. The molecule has 8 nitrogen and oxygen atoms in total. The van der Waals surface area contributed by atoms with E-state index in [1.807, 2.05) is 52.1 Å². The number of hydrogen-bond donors (Lipinski definition) is 1. The number of nitriles is 1. The van der Waals surface area contributed by atoms with Gasteiger partial charge in [-0.2, -0.15) is 10.4 Å². The van der Waals surface area contributed by atoms with Crippen LogP contribution in [0.15, 0.2) is 36.7 Å². The van der Waals surface area contributed by atoms with Gasteiger partial charge in [-0.15, -0.1) is 0 Å². The van der Waals surface area contributed by atoms with E-state index in [-0.39, 0.29) is 0 Å². The van der Waals surface area contributed by atoms with Crippen LogP contribution in [-0.4, -0.2) is 33.2 Å². The van der Waals surface area contributed by atoms with Crippen molar-refractivity contribution in [3.8, 4) is 11.8 Å². The van der Waals surface area contributed by atoms with Crippen molar-refractivity contribution in [3.63, 3.8) is 0 Å². The summed E-state index contributed by atoms with van der Waals surface area (Å²) >= 11 is 0. The Balaban J connectivity index is 1.83. The van der Waals surface area contributed by atoms with Gasteiger partial charge in [0.15, 0.2) is 0 Å². The number of benzene rings is 2. The topological polar surface area (TPSA) is 108 Å². The third kappa shape index (κ3) is 3.62. The van der Waals surface area contributed by atoms with E-state index in [0.717, 1.165) is 27.4 Å². The molecule has 0 spiro atoms. The minimum Gasteiger partial charge on any atom is -0.496 e. The van der Waals surface area contributed by atoms with Gasteiger partial charge in [0, 0.05) is 28.7 Å². The number of nitrogen functional groups attached to an aromatic ring is 1. The Labute approximate surface area is 185 Å². The standard InChI is InChI=1S/C24H25N5O3/c1-14-10-19(31-5)18(17-8-9-29(22(14)17)23(30)32-24(2,3)4)13-28-12-16-7-6-15(11-25)20(26)21(16)27-28/h6-10,12H,13,26H2,1-5H3. The molecule has 0 aliphatic carbocycles. The molecule has 0 fully saturated rings. The third-order valence-corrected chi connectivity index (χ3v) is 5.25. The highest BCUT2D eigenvalue weighted by Gasteiger charge is 2.22. The SMILES string of the molecule is COc1cc(C)c2c(ccn2C(=O)OC(C)(C)C)c1Cn1cc2ccc(C#N)c(N)c2n1. The first-order valence-corrected chi connectivity index (χ1v) is 10.2. The number of methoxy groups -OCH3 is 1. The van der Waals surface area contributed by atoms with Gasteiger partial charge in [0.25, 0.3) is 0 Å². The number of nitrogens with zero attached hydrogens (tertiary/aromatic N) is 4. The lowest BCUT2D eigenvalue weighted by Gasteiger charge is -2.20. The molecule has 4 aromatic rings. The summed E-state index contributed by atoms with van der Waals surface area (Å²) < 4.78 is 14.5. The highest BCUT2D eigenvalue weighted by atomic mass is 16.6. The van der Waals surface area contributed by atoms with E-state index < -0.39 is 11.7 Å². The molecule has 2 heterocycles. The van der Waals surface area contributed by atoms with Gasteiger partial charge in [0.1, 0.15) is 22.9 Å². The van der Waals surface area contributed by atoms with Crippen molar-refractivity contribution < 1.29 is 14.3 Å². The zero-order chi connectivity index (χ0) is 23.2. The monoisotopic (exact) mass is 431 g/mol. The zero-order valence-corrected chi connectivity index (χ0v) is 18.8. The fraction of sp³-hybridized carbons (Fsp3) is 0.292. The molecule has 0 bridgehead atoms. The molecule has 0 atom stereocenters. The molecule has 2 aromatic heterocycles. The van der Waals surface area contributed by atoms with E-state index in [4.69, 9.17) is 15.2 Å². The van der Waals surface area contributed by atoms with Crippen molar-refractivity contribution in [2.24, 2.45) is 0 Å². The summed E-state index contributed by atoms with van der Waals surface area (Å²) in [4.78, 5) is 12.8. The van der Waals surface area contributed by atoms with Crippen molar-refractivity contribution >= 4 is 33.6 Å². The highest BCUT2D eigenvalue weighted by molar-refractivity contribution is 5.95. The van der Waals surface area contributed by atoms with Crippen LogP contribution >= 0.6 is 0 Å². The molecule has 0 aliphatic rings. The Kier molecular flexibility index (Phi) is 5.05. The number of anilines is 1. The van der Waals surface area contributed by atoms with E-state index in [1.54, 1.807) is 24.1 Å². The Morgan fingerprint density at radius 2 is 2.03 bits per heavy atom. The first-order valence-electron chi connectivity index (χ1n) is 10.2. The Morgan fingerprint density at radius 1 is 1.28 bits per heavy atom. The van der Waals surface area contributed by atoms with Crippen LogP contribution in [0.3, 0.4) is 0 Å². The van der Waals surface area contributed by atoms with Gasteiger partial charge in [0.2, 0.25) is 0 Å². The minimum absolute atomic E-state index is 0.362. The van der Waals surface area contributed by atoms with E-state index in [2.05, 4.69) is 11.2 Å². The van der Waals surface area contributed by atoms with Crippen LogP contribution in [0.5, 0.6) is 5.75 Å². The average Bonchev–Trinajstić information content (AvgIpc) is 3.34. The fourth-order valence-electron chi connectivity index (χ4n) is 3.87. The summed E-state index contributed by atoms with van der Waals surface area (Å²) in [5.41, 5.74) is 9.38. The molecule has 0 unspecified atom stereocenters. The molecular formula is C24H25N5O3. The molecule has 0 radical (unpaired) electrons. The number of carbonyl (C=O) groups is 1.